The molecule has 4 rings (SSSR count). The van der Waals surface area contributed by atoms with Gasteiger partial charge in [-0.05, 0) is 40.3 Å². The number of amides is 1. The molecular weight excluding hydrogens is 376 g/mol. The maximum atomic E-state index is 13.3. The van der Waals surface area contributed by atoms with Gasteiger partial charge in [0, 0.05) is 43.3 Å². The summed E-state index contributed by atoms with van der Waals surface area (Å²) in [6.45, 7) is 2.88. The van der Waals surface area contributed by atoms with E-state index in [1.54, 1.807) is 4.68 Å². The standard InChI is InChI=1S/C20H21ClN6O/c21-17-6-8-18(9-7-17)25-10-12-26(13-11-25)20(28)19(27-15-22-23-24-27)14-16-4-2-1-3-5-16/h1-9,15,19H,10-14H2. The molecule has 3 aromatic rings. The molecule has 0 N–H and O–H groups in total. The number of rotatable bonds is 5. The summed E-state index contributed by atoms with van der Waals surface area (Å²) in [5.41, 5.74) is 2.20. The van der Waals surface area contributed by atoms with Crippen LogP contribution in [0.15, 0.2) is 60.9 Å². The monoisotopic (exact) mass is 396 g/mol. The summed E-state index contributed by atoms with van der Waals surface area (Å²) >= 11 is 5.98. The molecule has 0 bridgehead atoms. The summed E-state index contributed by atoms with van der Waals surface area (Å²) in [6, 6.07) is 17.3. The van der Waals surface area contributed by atoms with E-state index in [2.05, 4.69) is 20.4 Å². The molecule has 1 aliphatic heterocycles. The molecule has 8 heteroatoms. The van der Waals surface area contributed by atoms with E-state index in [9.17, 15) is 4.79 Å². The van der Waals surface area contributed by atoms with Crippen molar-refractivity contribution in [3.8, 4) is 0 Å². The summed E-state index contributed by atoms with van der Waals surface area (Å²) in [5, 5.41) is 12.1. The van der Waals surface area contributed by atoms with Gasteiger partial charge in [0.15, 0.2) is 0 Å². The SMILES string of the molecule is O=C(C(Cc1ccccc1)n1cnnn1)N1CCN(c2ccc(Cl)cc2)CC1. The van der Waals surface area contributed by atoms with E-state index in [1.807, 2.05) is 59.5 Å². The van der Waals surface area contributed by atoms with Crippen LogP contribution in [0.4, 0.5) is 5.69 Å². The molecule has 2 heterocycles. The van der Waals surface area contributed by atoms with Crippen LogP contribution in [-0.2, 0) is 11.2 Å². The van der Waals surface area contributed by atoms with E-state index >= 15 is 0 Å². The lowest BCUT2D eigenvalue weighted by Gasteiger charge is -2.37. The molecule has 1 aromatic heterocycles. The van der Waals surface area contributed by atoms with Gasteiger partial charge in [-0.15, -0.1) is 5.10 Å². The Bertz CT molecular complexity index is 892. The van der Waals surface area contributed by atoms with E-state index < -0.39 is 6.04 Å². The van der Waals surface area contributed by atoms with Crippen LogP contribution in [0.1, 0.15) is 11.6 Å². The quantitative estimate of drug-likeness (QED) is 0.662. The van der Waals surface area contributed by atoms with Crippen LogP contribution in [0.2, 0.25) is 5.02 Å². The van der Waals surface area contributed by atoms with Crippen LogP contribution < -0.4 is 4.90 Å². The number of carbonyl (C=O) groups excluding carboxylic acids is 1. The van der Waals surface area contributed by atoms with Crippen molar-refractivity contribution in [2.45, 2.75) is 12.5 Å². The van der Waals surface area contributed by atoms with Crippen molar-refractivity contribution in [3.05, 3.63) is 71.5 Å². The first-order chi connectivity index (χ1) is 13.7. The molecule has 144 valence electrons. The molecule has 1 aliphatic rings. The van der Waals surface area contributed by atoms with E-state index in [1.165, 1.54) is 6.33 Å². The molecule has 1 amide bonds. The summed E-state index contributed by atoms with van der Waals surface area (Å²) in [4.78, 5) is 17.4. The number of hydrogen-bond donors (Lipinski definition) is 0. The number of piperazine rings is 1. The second-order valence-electron chi connectivity index (χ2n) is 6.78. The molecule has 0 radical (unpaired) electrons. The summed E-state index contributed by atoms with van der Waals surface area (Å²) in [6.07, 6.45) is 2.07. The molecule has 0 saturated carbocycles. The normalized spacial score (nSPS) is 15.5. The largest absolute Gasteiger partial charge is 0.368 e. The number of aromatic nitrogens is 4. The van der Waals surface area contributed by atoms with Gasteiger partial charge in [0.2, 0.25) is 5.91 Å². The van der Waals surface area contributed by atoms with Gasteiger partial charge in [-0.25, -0.2) is 4.68 Å². The molecular formula is C20H21ClN6O. The molecule has 1 saturated heterocycles. The third-order valence-electron chi connectivity index (χ3n) is 5.02. The Labute approximate surface area is 168 Å². The number of benzene rings is 2. The van der Waals surface area contributed by atoms with Crippen LogP contribution >= 0.6 is 11.6 Å². The highest BCUT2D eigenvalue weighted by Crippen LogP contribution is 2.21. The van der Waals surface area contributed by atoms with Crippen molar-refractivity contribution in [1.82, 2.24) is 25.1 Å². The summed E-state index contributed by atoms with van der Waals surface area (Å²) in [5.74, 6) is 0.0481. The Morgan fingerprint density at radius 1 is 1.00 bits per heavy atom. The van der Waals surface area contributed by atoms with Crippen molar-refractivity contribution in [2.75, 3.05) is 31.1 Å². The second kappa shape index (κ2) is 8.39. The topological polar surface area (TPSA) is 67.2 Å². The first-order valence-corrected chi connectivity index (χ1v) is 9.64. The fraction of sp³-hybridized carbons (Fsp3) is 0.300. The van der Waals surface area contributed by atoms with E-state index in [0.717, 1.165) is 29.4 Å². The average Bonchev–Trinajstić information content (AvgIpc) is 3.28. The number of carbonyl (C=O) groups is 1. The minimum atomic E-state index is -0.445. The first-order valence-electron chi connectivity index (χ1n) is 9.26. The Balaban J connectivity index is 1.45. The number of tetrazole rings is 1. The molecule has 1 unspecified atom stereocenters. The van der Waals surface area contributed by atoms with Gasteiger partial charge in [0.1, 0.15) is 12.4 Å². The van der Waals surface area contributed by atoms with Crippen LogP contribution in [0, 0.1) is 0 Å². The highest BCUT2D eigenvalue weighted by molar-refractivity contribution is 6.30. The van der Waals surface area contributed by atoms with Gasteiger partial charge in [-0.2, -0.15) is 0 Å². The van der Waals surface area contributed by atoms with Gasteiger partial charge in [-0.3, -0.25) is 4.79 Å². The summed E-state index contributed by atoms with van der Waals surface area (Å²) in [7, 11) is 0. The zero-order valence-electron chi connectivity index (χ0n) is 15.4. The number of anilines is 1. The van der Waals surface area contributed by atoms with E-state index in [0.29, 0.717) is 19.5 Å². The highest BCUT2D eigenvalue weighted by atomic mass is 35.5. The number of halogens is 1. The minimum Gasteiger partial charge on any atom is -0.368 e. The van der Waals surface area contributed by atoms with Crippen LogP contribution in [0.5, 0.6) is 0 Å². The Kier molecular flexibility index (Phi) is 5.53. The number of nitrogens with zero attached hydrogens (tertiary/aromatic N) is 6. The lowest BCUT2D eigenvalue weighted by atomic mass is 10.0. The van der Waals surface area contributed by atoms with Gasteiger partial charge in [0.25, 0.3) is 0 Å². The second-order valence-corrected chi connectivity index (χ2v) is 7.22. The highest BCUT2D eigenvalue weighted by Gasteiger charge is 2.29. The molecule has 1 atom stereocenters. The third kappa shape index (κ3) is 4.14. The minimum absolute atomic E-state index is 0.0481. The van der Waals surface area contributed by atoms with Gasteiger partial charge < -0.3 is 9.80 Å². The smallest absolute Gasteiger partial charge is 0.248 e. The number of hydrogen-bond acceptors (Lipinski definition) is 5. The molecule has 2 aromatic carbocycles. The molecule has 7 nitrogen and oxygen atoms in total. The lowest BCUT2D eigenvalue weighted by molar-refractivity contribution is -0.135. The van der Waals surface area contributed by atoms with Gasteiger partial charge in [-0.1, -0.05) is 41.9 Å². The molecule has 1 fully saturated rings. The Hall–Kier alpha value is -2.93. The average molecular weight is 397 g/mol. The van der Waals surface area contributed by atoms with Gasteiger partial charge >= 0.3 is 0 Å². The predicted molar refractivity (Wildman–Crippen MR) is 107 cm³/mol. The summed E-state index contributed by atoms with van der Waals surface area (Å²) < 4.78 is 1.56. The first kappa shape index (κ1) is 18.4. The van der Waals surface area contributed by atoms with Crippen molar-refractivity contribution in [1.29, 1.82) is 0 Å². The third-order valence-corrected chi connectivity index (χ3v) is 5.28. The fourth-order valence-electron chi connectivity index (χ4n) is 3.49. The van der Waals surface area contributed by atoms with Crippen LogP contribution in [-0.4, -0.2) is 57.2 Å². The van der Waals surface area contributed by atoms with Crippen molar-refractivity contribution in [2.24, 2.45) is 0 Å². The Morgan fingerprint density at radius 2 is 1.71 bits per heavy atom. The van der Waals surface area contributed by atoms with Gasteiger partial charge in [0.05, 0.1) is 0 Å². The maximum Gasteiger partial charge on any atom is 0.248 e. The van der Waals surface area contributed by atoms with Crippen LogP contribution in [0.25, 0.3) is 0 Å². The van der Waals surface area contributed by atoms with Crippen molar-refractivity contribution < 1.29 is 4.79 Å². The lowest BCUT2D eigenvalue weighted by Crippen LogP contribution is -2.51. The van der Waals surface area contributed by atoms with Crippen molar-refractivity contribution in [3.63, 3.8) is 0 Å². The molecule has 0 spiro atoms. The fourth-order valence-corrected chi connectivity index (χ4v) is 3.62. The van der Waals surface area contributed by atoms with E-state index in [-0.39, 0.29) is 5.91 Å². The maximum absolute atomic E-state index is 13.3. The Morgan fingerprint density at radius 3 is 2.36 bits per heavy atom. The molecule has 28 heavy (non-hydrogen) atoms. The zero-order valence-corrected chi connectivity index (χ0v) is 16.1. The van der Waals surface area contributed by atoms with E-state index in [4.69, 9.17) is 11.6 Å². The zero-order chi connectivity index (χ0) is 19.3. The molecule has 0 aliphatic carbocycles. The van der Waals surface area contributed by atoms with Crippen molar-refractivity contribution >= 4 is 23.2 Å². The predicted octanol–water partition coefficient (Wildman–Crippen LogP) is 2.46. The van der Waals surface area contributed by atoms with Crippen LogP contribution in [0.3, 0.4) is 0 Å².